The Morgan fingerprint density at radius 2 is 1.88 bits per heavy atom. The summed E-state index contributed by atoms with van der Waals surface area (Å²) in [6.45, 7) is 0. The third-order valence-electron chi connectivity index (χ3n) is 0.727. The molecule has 0 unspecified atom stereocenters. The average Bonchev–Trinajstić information content (AvgIpc) is 1.98. The molecule has 4 heteroatoms. The first-order valence-corrected chi connectivity index (χ1v) is 6.56. The summed E-state index contributed by atoms with van der Waals surface area (Å²) in [7, 11) is 0. The van der Waals surface area contributed by atoms with Gasteiger partial charge in [0.2, 0.25) is 0 Å². The summed E-state index contributed by atoms with van der Waals surface area (Å²) in [6.07, 6.45) is 0. The number of rotatable bonds is 0. The Hall–Kier alpha value is 1.56. The summed E-state index contributed by atoms with van der Waals surface area (Å²) >= 11 is 8.44. The van der Waals surface area contributed by atoms with E-state index < -0.39 is 0 Å². The van der Waals surface area contributed by atoms with Gasteiger partial charge in [-0.25, -0.2) is 0 Å². The molecule has 1 aromatic heterocycles. The van der Waals surface area contributed by atoms with Gasteiger partial charge in [-0.05, 0) is 0 Å². The molecule has 0 radical (unpaired) electrons. The van der Waals surface area contributed by atoms with Crippen LogP contribution in [0.3, 0.4) is 0 Å². The third kappa shape index (κ3) is 1.53. The van der Waals surface area contributed by atoms with E-state index in [1.54, 1.807) is 0 Å². The van der Waals surface area contributed by atoms with Crippen LogP contribution >= 0.6 is 0 Å². The predicted molar refractivity (Wildman–Crippen MR) is 43.7 cm³/mol. The van der Waals surface area contributed by atoms with Gasteiger partial charge in [-0.3, -0.25) is 0 Å². The van der Waals surface area contributed by atoms with Crippen LogP contribution in [0.15, 0.2) is 4.94 Å². The molecule has 0 N–H and O–H groups in total. The summed E-state index contributed by atoms with van der Waals surface area (Å²) in [4.78, 5) is 2.29. The molecule has 44 valence electrons. The van der Waals surface area contributed by atoms with E-state index in [9.17, 15) is 0 Å². The monoisotopic (exact) mass is 372 g/mol. The third-order valence-corrected chi connectivity index (χ3v) is 8.95. The zero-order valence-corrected chi connectivity index (χ0v) is 11.2. The Balaban J connectivity index is 3.19. The minimum atomic E-state index is 0.630. The molecule has 8 heavy (non-hydrogen) atoms. The number of hydrogen-bond acceptors (Lipinski definition) is 0. The molecule has 0 nitrogen and oxygen atoms in total. The van der Waals surface area contributed by atoms with Gasteiger partial charge in [-0.15, -0.1) is 0 Å². The van der Waals surface area contributed by atoms with E-state index >= 15 is 0 Å². The van der Waals surface area contributed by atoms with Crippen LogP contribution in [0, 0.1) is 0 Å². The average molecular weight is 368 g/mol. The van der Waals surface area contributed by atoms with E-state index in [1.165, 1.54) is 12.3 Å². The van der Waals surface area contributed by atoms with Crippen LogP contribution in [0.25, 0.3) is 0 Å². The van der Waals surface area contributed by atoms with Gasteiger partial charge in [-0.1, -0.05) is 0 Å². The molecule has 0 saturated heterocycles. The molecule has 0 spiro atoms. The quantitative estimate of drug-likeness (QED) is 0.414. The van der Waals surface area contributed by atoms with Gasteiger partial charge in [0.25, 0.3) is 0 Å². The molecular weight excluding hydrogens is 364 g/mol. The van der Waals surface area contributed by atoms with Crippen molar-refractivity contribution in [2.45, 2.75) is 0 Å². The van der Waals surface area contributed by atoms with Gasteiger partial charge in [0.15, 0.2) is 0 Å². The summed E-state index contributed by atoms with van der Waals surface area (Å²) in [5, 5.41) is 0. The van der Waals surface area contributed by atoms with Crippen molar-refractivity contribution in [2.75, 3.05) is 0 Å². The molecular formula is C4H4Se4. The summed E-state index contributed by atoms with van der Waals surface area (Å²) in [5.74, 6) is 0. The van der Waals surface area contributed by atoms with Crippen LogP contribution in [0.4, 0.5) is 0 Å². The SMILES string of the molecule is [SeH]c1c[se]c([SeH])c1[SeH]. The topological polar surface area (TPSA) is 0 Å². The molecule has 0 bridgehead atoms. The van der Waals surface area contributed by atoms with Gasteiger partial charge in [-0.2, -0.15) is 0 Å². The van der Waals surface area contributed by atoms with Crippen molar-refractivity contribution in [1.82, 2.24) is 0 Å². The van der Waals surface area contributed by atoms with Gasteiger partial charge >= 0.3 is 79.7 Å². The normalized spacial score (nSPS) is 9.88. The van der Waals surface area contributed by atoms with Crippen molar-refractivity contribution in [3.8, 4) is 0 Å². The molecule has 0 saturated carbocycles. The molecule has 0 fully saturated rings. The minimum absolute atomic E-state index is 0.630. The first kappa shape index (κ1) is 7.66. The fourth-order valence-corrected chi connectivity index (χ4v) is 5.07. The van der Waals surface area contributed by atoms with Crippen molar-refractivity contribution in [3.63, 3.8) is 0 Å². The summed E-state index contributed by atoms with van der Waals surface area (Å²) in [5.41, 5.74) is 0. The van der Waals surface area contributed by atoms with Crippen molar-refractivity contribution in [3.05, 3.63) is 4.94 Å². The van der Waals surface area contributed by atoms with E-state index in [0.29, 0.717) is 14.5 Å². The van der Waals surface area contributed by atoms with E-state index in [2.05, 4.69) is 53.0 Å². The van der Waals surface area contributed by atoms with Gasteiger partial charge in [0.05, 0.1) is 0 Å². The van der Waals surface area contributed by atoms with Crippen LogP contribution < -0.4 is 12.3 Å². The Morgan fingerprint density at radius 1 is 1.25 bits per heavy atom. The molecule has 1 heterocycles. The summed E-state index contributed by atoms with van der Waals surface area (Å²) < 4.78 is 4.27. The molecule has 0 aliphatic carbocycles. The standard InChI is InChI=1S/C4H4Se4/c5-2-1-8-4(7)3(2)6/h1,5-7H. The van der Waals surface area contributed by atoms with Crippen molar-refractivity contribution in [2.24, 2.45) is 0 Å². The van der Waals surface area contributed by atoms with Gasteiger partial charge < -0.3 is 0 Å². The Bertz CT molecular complexity index is 170. The van der Waals surface area contributed by atoms with E-state index in [1.807, 2.05) is 0 Å². The molecule has 0 aliphatic heterocycles. The zero-order valence-electron chi connectivity index (χ0n) is 3.83. The second-order valence-corrected chi connectivity index (χ2v) is 7.48. The van der Waals surface area contributed by atoms with Gasteiger partial charge in [0, 0.05) is 0 Å². The van der Waals surface area contributed by atoms with Crippen molar-refractivity contribution in [1.29, 1.82) is 0 Å². The second kappa shape index (κ2) is 3.10. The van der Waals surface area contributed by atoms with Gasteiger partial charge in [0.1, 0.15) is 0 Å². The van der Waals surface area contributed by atoms with Crippen molar-refractivity contribution >= 4 is 74.8 Å². The molecule has 0 atom stereocenters. The number of hydrogen-bond donors (Lipinski definition) is 0. The molecule has 1 rings (SSSR count). The maximum absolute atomic E-state index is 2.62. The zero-order chi connectivity index (χ0) is 6.15. The first-order valence-electron chi connectivity index (χ1n) is 1.90. The maximum atomic E-state index is 2.62. The predicted octanol–water partition coefficient (Wildman–Crippen LogP) is -3.68. The van der Waals surface area contributed by atoms with Crippen LogP contribution in [0.1, 0.15) is 0 Å². The van der Waals surface area contributed by atoms with Crippen molar-refractivity contribution < 1.29 is 0 Å². The summed E-state index contributed by atoms with van der Waals surface area (Å²) in [6, 6.07) is 0. The Kier molecular flexibility index (Phi) is 2.97. The molecule has 0 amide bonds. The molecule has 1 aromatic rings. The Labute approximate surface area is 79.0 Å². The Morgan fingerprint density at radius 3 is 2.00 bits per heavy atom. The van der Waals surface area contributed by atoms with E-state index in [4.69, 9.17) is 0 Å². The van der Waals surface area contributed by atoms with Crippen LogP contribution in [-0.2, 0) is 0 Å². The second-order valence-electron chi connectivity index (χ2n) is 1.27. The van der Waals surface area contributed by atoms with Crippen LogP contribution in [0.5, 0.6) is 0 Å². The molecule has 0 aromatic carbocycles. The van der Waals surface area contributed by atoms with Crippen LogP contribution in [0.2, 0.25) is 0 Å². The van der Waals surface area contributed by atoms with E-state index in [0.717, 1.165) is 0 Å². The fraction of sp³-hybridized carbons (Fsp3) is 0. The first-order chi connectivity index (χ1) is 3.72. The molecule has 0 aliphatic rings. The fourth-order valence-electron chi connectivity index (χ4n) is 0.333. The van der Waals surface area contributed by atoms with Crippen LogP contribution in [-0.4, -0.2) is 62.5 Å². The van der Waals surface area contributed by atoms with E-state index in [-0.39, 0.29) is 0 Å².